The highest BCUT2D eigenvalue weighted by molar-refractivity contribution is 9.10. The van der Waals surface area contributed by atoms with Gasteiger partial charge in [0.2, 0.25) is 0 Å². The van der Waals surface area contributed by atoms with Gasteiger partial charge in [0, 0.05) is 23.3 Å². The predicted octanol–water partition coefficient (Wildman–Crippen LogP) is 4.62. The van der Waals surface area contributed by atoms with Crippen LogP contribution in [0.5, 0.6) is 0 Å². The van der Waals surface area contributed by atoms with Crippen molar-refractivity contribution in [3.63, 3.8) is 0 Å². The van der Waals surface area contributed by atoms with Crippen LogP contribution < -0.4 is 5.32 Å². The van der Waals surface area contributed by atoms with Crippen molar-refractivity contribution < 1.29 is 4.92 Å². The van der Waals surface area contributed by atoms with Crippen molar-refractivity contribution >= 4 is 38.9 Å². The normalized spacial score (nSPS) is 10.2. The van der Waals surface area contributed by atoms with E-state index >= 15 is 0 Å². The zero-order valence-electron chi connectivity index (χ0n) is 9.77. The van der Waals surface area contributed by atoms with Gasteiger partial charge in [-0.25, -0.2) is 0 Å². The molecule has 2 rings (SSSR count). The Bertz CT molecular complexity index is 602. The maximum Gasteiger partial charge on any atom is 0.285 e. The molecule has 19 heavy (non-hydrogen) atoms. The van der Waals surface area contributed by atoms with E-state index in [1.807, 2.05) is 24.3 Å². The van der Waals surface area contributed by atoms with Gasteiger partial charge in [-0.3, -0.25) is 10.1 Å². The van der Waals surface area contributed by atoms with E-state index in [-0.39, 0.29) is 5.69 Å². The highest BCUT2D eigenvalue weighted by Gasteiger charge is 2.11. The summed E-state index contributed by atoms with van der Waals surface area (Å²) in [7, 11) is 0. The topological polar surface area (TPSA) is 55.2 Å². The molecule has 0 saturated heterocycles. The molecular weight excluding hydrogens is 332 g/mol. The standard InChI is InChI=1S/C13H10BrClN2O2/c14-12-6-5-11(7-13(12)17(18)19)16-8-9-1-3-10(15)4-2-9/h1-7,16H,8H2. The molecule has 0 saturated carbocycles. The molecule has 0 heterocycles. The third-order valence-electron chi connectivity index (χ3n) is 2.55. The van der Waals surface area contributed by atoms with Crippen molar-refractivity contribution in [2.75, 3.05) is 5.32 Å². The molecule has 0 fully saturated rings. The van der Waals surface area contributed by atoms with Gasteiger partial charge in [0.15, 0.2) is 0 Å². The maximum absolute atomic E-state index is 10.8. The first-order chi connectivity index (χ1) is 9.06. The largest absolute Gasteiger partial charge is 0.381 e. The van der Waals surface area contributed by atoms with Crippen LogP contribution in [0.4, 0.5) is 11.4 Å². The quantitative estimate of drug-likeness (QED) is 0.652. The van der Waals surface area contributed by atoms with Gasteiger partial charge in [-0.2, -0.15) is 0 Å². The van der Waals surface area contributed by atoms with E-state index in [1.165, 1.54) is 6.07 Å². The predicted molar refractivity (Wildman–Crippen MR) is 79.6 cm³/mol. The Labute approximate surface area is 123 Å². The monoisotopic (exact) mass is 340 g/mol. The molecule has 0 bridgehead atoms. The van der Waals surface area contributed by atoms with Crippen molar-refractivity contribution in [2.24, 2.45) is 0 Å². The van der Waals surface area contributed by atoms with Crippen LogP contribution in [0.15, 0.2) is 46.9 Å². The van der Waals surface area contributed by atoms with E-state index in [4.69, 9.17) is 11.6 Å². The molecule has 0 aromatic heterocycles. The van der Waals surface area contributed by atoms with E-state index < -0.39 is 4.92 Å². The van der Waals surface area contributed by atoms with E-state index in [1.54, 1.807) is 12.1 Å². The first-order valence-electron chi connectivity index (χ1n) is 5.48. The van der Waals surface area contributed by atoms with Crippen LogP contribution in [-0.4, -0.2) is 4.92 Å². The second-order valence-corrected chi connectivity index (χ2v) is 5.19. The Kier molecular flexibility index (Phi) is 4.39. The highest BCUT2D eigenvalue weighted by atomic mass is 79.9. The van der Waals surface area contributed by atoms with E-state index in [2.05, 4.69) is 21.2 Å². The third kappa shape index (κ3) is 3.68. The Hall–Kier alpha value is -1.59. The first kappa shape index (κ1) is 13.8. The van der Waals surface area contributed by atoms with Gasteiger partial charge in [0.25, 0.3) is 5.69 Å². The maximum atomic E-state index is 10.8. The Morgan fingerprint density at radius 2 is 1.89 bits per heavy atom. The van der Waals surface area contributed by atoms with Gasteiger partial charge in [0.1, 0.15) is 0 Å². The number of halogens is 2. The smallest absolute Gasteiger partial charge is 0.285 e. The van der Waals surface area contributed by atoms with Gasteiger partial charge in [-0.1, -0.05) is 23.7 Å². The number of nitrogens with one attached hydrogen (secondary N) is 1. The summed E-state index contributed by atoms with van der Waals surface area (Å²) >= 11 is 8.95. The number of nitro benzene ring substituents is 1. The molecule has 0 unspecified atom stereocenters. The summed E-state index contributed by atoms with van der Waals surface area (Å²) in [5.41, 5.74) is 1.79. The van der Waals surface area contributed by atoms with Gasteiger partial charge in [-0.05, 0) is 45.8 Å². The number of hydrogen-bond donors (Lipinski definition) is 1. The van der Waals surface area contributed by atoms with Crippen LogP contribution >= 0.6 is 27.5 Å². The summed E-state index contributed by atoms with van der Waals surface area (Å²) < 4.78 is 0.467. The molecular formula is C13H10BrClN2O2. The summed E-state index contributed by atoms with van der Waals surface area (Å²) in [6.45, 7) is 0.579. The zero-order chi connectivity index (χ0) is 13.8. The molecule has 2 aromatic carbocycles. The summed E-state index contributed by atoms with van der Waals surface area (Å²) in [5, 5.41) is 14.6. The lowest BCUT2D eigenvalue weighted by atomic mass is 10.2. The second kappa shape index (κ2) is 6.04. The molecule has 0 aliphatic carbocycles. The highest BCUT2D eigenvalue weighted by Crippen LogP contribution is 2.28. The van der Waals surface area contributed by atoms with E-state index in [9.17, 15) is 10.1 Å². The van der Waals surface area contributed by atoms with Gasteiger partial charge < -0.3 is 5.32 Å². The summed E-state index contributed by atoms with van der Waals surface area (Å²) in [4.78, 5) is 10.4. The number of nitro groups is 1. The average Bonchev–Trinajstić information content (AvgIpc) is 2.39. The van der Waals surface area contributed by atoms with Crippen molar-refractivity contribution in [2.45, 2.75) is 6.54 Å². The van der Waals surface area contributed by atoms with Crippen molar-refractivity contribution in [3.05, 3.63) is 67.6 Å². The molecule has 0 radical (unpaired) electrons. The Morgan fingerprint density at radius 1 is 1.21 bits per heavy atom. The minimum absolute atomic E-state index is 0.0427. The van der Waals surface area contributed by atoms with Crippen LogP contribution in [0.2, 0.25) is 5.02 Å². The number of rotatable bonds is 4. The van der Waals surface area contributed by atoms with Gasteiger partial charge in [0.05, 0.1) is 9.40 Å². The van der Waals surface area contributed by atoms with Crippen LogP contribution in [0, 0.1) is 10.1 Å². The van der Waals surface area contributed by atoms with E-state index in [0.29, 0.717) is 21.7 Å². The fraction of sp³-hybridized carbons (Fsp3) is 0.0769. The fourth-order valence-electron chi connectivity index (χ4n) is 1.57. The van der Waals surface area contributed by atoms with Gasteiger partial charge in [-0.15, -0.1) is 0 Å². The Morgan fingerprint density at radius 3 is 2.53 bits per heavy atom. The number of nitrogens with zero attached hydrogens (tertiary/aromatic N) is 1. The second-order valence-electron chi connectivity index (χ2n) is 3.90. The summed E-state index contributed by atoms with van der Waals surface area (Å²) in [6.07, 6.45) is 0. The molecule has 1 N–H and O–H groups in total. The van der Waals surface area contributed by atoms with E-state index in [0.717, 1.165) is 5.56 Å². The number of anilines is 1. The van der Waals surface area contributed by atoms with Crippen molar-refractivity contribution in [1.82, 2.24) is 0 Å². The molecule has 6 heteroatoms. The Balaban J connectivity index is 2.09. The lowest BCUT2D eigenvalue weighted by Crippen LogP contribution is -2.00. The number of benzene rings is 2. The average molecular weight is 342 g/mol. The first-order valence-corrected chi connectivity index (χ1v) is 6.65. The minimum atomic E-state index is -0.419. The van der Waals surface area contributed by atoms with Crippen molar-refractivity contribution in [1.29, 1.82) is 0 Å². The summed E-state index contributed by atoms with van der Waals surface area (Å²) in [6, 6.07) is 12.4. The zero-order valence-corrected chi connectivity index (χ0v) is 12.1. The molecule has 0 amide bonds. The summed E-state index contributed by atoms with van der Waals surface area (Å²) in [5.74, 6) is 0. The molecule has 4 nitrogen and oxygen atoms in total. The molecule has 0 atom stereocenters. The van der Waals surface area contributed by atoms with Crippen LogP contribution in [0.3, 0.4) is 0 Å². The van der Waals surface area contributed by atoms with Gasteiger partial charge >= 0.3 is 0 Å². The lowest BCUT2D eigenvalue weighted by molar-refractivity contribution is -0.385. The SMILES string of the molecule is O=[N+]([O-])c1cc(NCc2ccc(Cl)cc2)ccc1Br. The fourth-order valence-corrected chi connectivity index (χ4v) is 2.09. The van der Waals surface area contributed by atoms with Crippen molar-refractivity contribution in [3.8, 4) is 0 Å². The molecule has 0 aliphatic heterocycles. The molecule has 0 aliphatic rings. The molecule has 98 valence electrons. The van der Waals surface area contributed by atoms with Crippen LogP contribution in [0.25, 0.3) is 0 Å². The van der Waals surface area contributed by atoms with Crippen LogP contribution in [-0.2, 0) is 6.54 Å². The third-order valence-corrected chi connectivity index (χ3v) is 3.48. The minimum Gasteiger partial charge on any atom is -0.381 e. The lowest BCUT2D eigenvalue weighted by Gasteiger charge is -2.07. The van der Waals surface area contributed by atoms with Crippen LogP contribution in [0.1, 0.15) is 5.56 Å². The number of hydrogen-bond acceptors (Lipinski definition) is 3. The molecule has 2 aromatic rings. The molecule has 0 spiro atoms.